The number of phenols is 1. The number of rotatable bonds is 4. The minimum Gasteiger partial charge on any atom is -0.508 e. The summed E-state index contributed by atoms with van der Waals surface area (Å²) in [5, 5.41) is 9.30. The fourth-order valence-electron chi connectivity index (χ4n) is 1.91. The average Bonchev–Trinajstić information content (AvgIpc) is 2.43. The summed E-state index contributed by atoms with van der Waals surface area (Å²) in [7, 11) is 0. The largest absolute Gasteiger partial charge is 0.508 e. The fraction of sp³-hybridized carbons (Fsp3) is 0.111. The number of hydrogen-bond donors (Lipinski definition) is 1. The van der Waals surface area contributed by atoms with Crippen LogP contribution < -0.4 is 0 Å². The molecule has 1 heteroatoms. The lowest BCUT2D eigenvalue weighted by Gasteiger charge is -2.08. The van der Waals surface area contributed by atoms with Crippen molar-refractivity contribution >= 4 is 6.08 Å². The second-order valence-corrected chi connectivity index (χ2v) is 4.62. The van der Waals surface area contributed by atoms with Crippen LogP contribution in [0.4, 0.5) is 0 Å². The zero-order valence-electron chi connectivity index (χ0n) is 11.1. The highest BCUT2D eigenvalue weighted by molar-refractivity contribution is 5.52. The summed E-state index contributed by atoms with van der Waals surface area (Å²) < 4.78 is 0. The maximum Gasteiger partial charge on any atom is 0.115 e. The molecule has 1 N–H and O–H groups in total. The number of aryl methyl sites for hydroxylation is 1. The standard InChI is InChI=1S/C18H18O/c1-3-16(17-10-12-18(19)13-11-17)9-8-15-6-4-14(2)5-7-15/h3-13,16,19H,1H2,2H3. The summed E-state index contributed by atoms with van der Waals surface area (Å²) in [6, 6.07) is 15.6. The molecule has 1 unspecified atom stereocenters. The average molecular weight is 250 g/mol. The van der Waals surface area contributed by atoms with E-state index in [1.165, 1.54) is 11.1 Å². The van der Waals surface area contributed by atoms with Crippen molar-refractivity contribution in [2.75, 3.05) is 0 Å². The van der Waals surface area contributed by atoms with Gasteiger partial charge in [0.2, 0.25) is 0 Å². The van der Waals surface area contributed by atoms with E-state index in [9.17, 15) is 5.11 Å². The molecule has 0 aromatic heterocycles. The number of phenolic OH excluding ortho intramolecular Hbond substituents is 1. The number of aromatic hydroxyl groups is 1. The predicted octanol–water partition coefficient (Wildman–Crippen LogP) is 4.68. The first-order chi connectivity index (χ1) is 9.19. The summed E-state index contributed by atoms with van der Waals surface area (Å²) in [5.41, 5.74) is 3.56. The summed E-state index contributed by atoms with van der Waals surface area (Å²) in [4.78, 5) is 0. The zero-order chi connectivity index (χ0) is 13.7. The molecule has 2 rings (SSSR count). The third-order valence-electron chi connectivity index (χ3n) is 3.11. The van der Waals surface area contributed by atoms with Crippen LogP contribution in [0.1, 0.15) is 22.6 Å². The predicted molar refractivity (Wildman–Crippen MR) is 81.3 cm³/mol. The molecule has 0 aliphatic rings. The summed E-state index contributed by atoms with van der Waals surface area (Å²) in [6.45, 7) is 5.95. The number of allylic oxidation sites excluding steroid dienone is 2. The minimum atomic E-state index is 0.155. The molecule has 0 spiro atoms. The highest BCUT2D eigenvalue weighted by atomic mass is 16.3. The van der Waals surface area contributed by atoms with E-state index in [0.29, 0.717) is 0 Å². The first-order valence-electron chi connectivity index (χ1n) is 6.35. The van der Waals surface area contributed by atoms with Crippen molar-refractivity contribution in [2.24, 2.45) is 0 Å². The van der Waals surface area contributed by atoms with Crippen molar-refractivity contribution in [1.29, 1.82) is 0 Å². The molecular formula is C18H18O. The van der Waals surface area contributed by atoms with Crippen LogP contribution in [0.25, 0.3) is 6.08 Å². The van der Waals surface area contributed by atoms with Gasteiger partial charge in [0.15, 0.2) is 0 Å². The number of hydrogen-bond acceptors (Lipinski definition) is 1. The molecule has 1 atom stereocenters. The van der Waals surface area contributed by atoms with Gasteiger partial charge >= 0.3 is 0 Å². The lowest BCUT2D eigenvalue weighted by Crippen LogP contribution is -1.89. The van der Waals surface area contributed by atoms with Crippen LogP contribution in [0.3, 0.4) is 0 Å². The first-order valence-corrected chi connectivity index (χ1v) is 6.35. The molecule has 0 fully saturated rings. The summed E-state index contributed by atoms with van der Waals surface area (Å²) >= 11 is 0. The van der Waals surface area contributed by atoms with Crippen molar-refractivity contribution in [3.8, 4) is 5.75 Å². The molecule has 0 aliphatic heterocycles. The summed E-state index contributed by atoms with van der Waals surface area (Å²) in [5.74, 6) is 0.441. The van der Waals surface area contributed by atoms with Gasteiger partial charge in [-0.15, -0.1) is 6.58 Å². The third kappa shape index (κ3) is 3.59. The van der Waals surface area contributed by atoms with E-state index >= 15 is 0 Å². The van der Waals surface area contributed by atoms with Crippen LogP contribution in [0, 0.1) is 6.92 Å². The van der Waals surface area contributed by atoms with Crippen molar-refractivity contribution < 1.29 is 5.11 Å². The Hall–Kier alpha value is -2.28. The van der Waals surface area contributed by atoms with E-state index in [0.717, 1.165) is 5.56 Å². The topological polar surface area (TPSA) is 20.2 Å². The van der Waals surface area contributed by atoms with Gasteiger partial charge in [-0.05, 0) is 30.2 Å². The maximum absolute atomic E-state index is 9.30. The Morgan fingerprint density at radius 2 is 1.63 bits per heavy atom. The highest BCUT2D eigenvalue weighted by Gasteiger charge is 2.03. The Bertz CT molecular complexity index is 562. The molecule has 0 radical (unpaired) electrons. The van der Waals surface area contributed by atoms with Gasteiger partial charge in [0, 0.05) is 5.92 Å². The Labute approximate surface area is 114 Å². The fourth-order valence-corrected chi connectivity index (χ4v) is 1.91. The lowest BCUT2D eigenvalue weighted by molar-refractivity contribution is 0.475. The molecule has 2 aromatic rings. The SMILES string of the molecule is C=CC(C=Cc1ccc(C)cc1)c1ccc(O)cc1. The van der Waals surface area contributed by atoms with Crippen molar-refractivity contribution in [3.05, 3.63) is 84.0 Å². The molecule has 0 saturated heterocycles. The van der Waals surface area contributed by atoms with Gasteiger partial charge in [0.25, 0.3) is 0 Å². The van der Waals surface area contributed by atoms with Crippen molar-refractivity contribution in [1.82, 2.24) is 0 Å². The molecule has 2 aromatic carbocycles. The van der Waals surface area contributed by atoms with Gasteiger partial charge in [-0.2, -0.15) is 0 Å². The van der Waals surface area contributed by atoms with Gasteiger partial charge in [0.1, 0.15) is 5.75 Å². The Kier molecular flexibility index (Phi) is 4.19. The number of benzene rings is 2. The second kappa shape index (κ2) is 6.05. The van der Waals surface area contributed by atoms with Crippen LogP contribution in [0.15, 0.2) is 67.3 Å². The third-order valence-corrected chi connectivity index (χ3v) is 3.11. The van der Waals surface area contributed by atoms with Crippen LogP contribution in [0.2, 0.25) is 0 Å². The molecule has 19 heavy (non-hydrogen) atoms. The summed E-state index contributed by atoms with van der Waals surface area (Å²) in [6.07, 6.45) is 6.11. The molecule has 0 heterocycles. The lowest BCUT2D eigenvalue weighted by atomic mass is 9.97. The van der Waals surface area contributed by atoms with Crippen molar-refractivity contribution in [3.63, 3.8) is 0 Å². The molecular weight excluding hydrogens is 232 g/mol. The molecule has 1 nitrogen and oxygen atoms in total. The smallest absolute Gasteiger partial charge is 0.115 e. The van der Waals surface area contributed by atoms with Crippen molar-refractivity contribution in [2.45, 2.75) is 12.8 Å². The van der Waals surface area contributed by atoms with E-state index in [1.54, 1.807) is 12.1 Å². The van der Waals surface area contributed by atoms with Crippen LogP contribution in [-0.2, 0) is 0 Å². The second-order valence-electron chi connectivity index (χ2n) is 4.62. The highest BCUT2D eigenvalue weighted by Crippen LogP contribution is 2.22. The van der Waals surface area contributed by atoms with E-state index in [4.69, 9.17) is 0 Å². The van der Waals surface area contributed by atoms with E-state index in [-0.39, 0.29) is 11.7 Å². The molecule has 0 amide bonds. The zero-order valence-corrected chi connectivity index (χ0v) is 11.1. The van der Waals surface area contributed by atoms with Gasteiger partial charge in [-0.3, -0.25) is 0 Å². The maximum atomic E-state index is 9.30. The van der Waals surface area contributed by atoms with Gasteiger partial charge in [0.05, 0.1) is 0 Å². The van der Waals surface area contributed by atoms with Crippen LogP contribution in [0.5, 0.6) is 5.75 Å². The minimum absolute atomic E-state index is 0.155. The molecule has 0 aliphatic carbocycles. The van der Waals surface area contributed by atoms with Gasteiger partial charge in [-0.1, -0.05) is 60.2 Å². The molecule has 0 bridgehead atoms. The van der Waals surface area contributed by atoms with Gasteiger partial charge in [-0.25, -0.2) is 0 Å². The van der Waals surface area contributed by atoms with E-state index < -0.39 is 0 Å². The van der Waals surface area contributed by atoms with Crippen LogP contribution in [-0.4, -0.2) is 5.11 Å². The first kappa shape index (κ1) is 13.2. The van der Waals surface area contributed by atoms with Crippen LogP contribution >= 0.6 is 0 Å². The quantitative estimate of drug-likeness (QED) is 0.781. The Balaban J connectivity index is 2.17. The van der Waals surface area contributed by atoms with Gasteiger partial charge < -0.3 is 5.11 Å². The van der Waals surface area contributed by atoms with E-state index in [2.05, 4.69) is 49.9 Å². The monoisotopic (exact) mass is 250 g/mol. The van der Waals surface area contributed by atoms with E-state index in [1.807, 2.05) is 18.2 Å². The molecule has 0 saturated carbocycles. The Morgan fingerprint density at radius 3 is 2.21 bits per heavy atom. The molecule has 96 valence electrons. The normalized spacial score (nSPS) is 12.5. The Morgan fingerprint density at radius 1 is 1.00 bits per heavy atom.